The first kappa shape index (κ1) is 22.5. The number of nitrogens with two attached hydrogens (primary N) is 1. The maximum Gasteiger partial charge on any atom is 0.337 e. The fraction of sp³-hybridized carbons (Fsp3) is 0.0455. The van der Waals surface area contributed by atoms with Gasteiger partial charge in [-0.25, -0.2) is 18.4 Å². The molecular formula is C22H16ClN3O6S. The largest absolute Gasteiger partial charge is 0.478 e. The van der Waals surface area contributed by atoms with Gasteiger partial charge in [-0.05, 0) is 67.6 Å². The van der Waals surface area contributed by atoms with Crippen LogP contribution in [0.4, 0.5) is 5.69 Å². The summed E-state index contributed by atoms with van der Waals surface area (Å²) in [5.74, 6) is -0.817. The first-order chi connectivity index (χ1) is 15.5. The number of aromatic carboxylic acids is 1. The van der Waals surface area contributed by atoms with Gasteiger partial charge in [0.15, 0.2) is 0 Å². The SMILES string of the molecule is CC1=NN(c2ccc(S(N)(=O)=O)cc2)C(=O)/C1=C\c1ccc(-c2ccc(Cl)c(C(=O)O)c2)o1. The van der Waals surface area contributed by atoms with E-state index in [2.05, 4.69) is 5.10 Å². The number of carboxylic acids is 1. The van der Waals surface area contributed by atoms with Gasteiger partial charge >= 0.3 is 5.97 Å². The Kier molecular flexibility index (Phi) is 5.66. The lowest BCUT2D eigenvalue weighted by Gasteiger charge is -2.11. The van der Waals surface area contributed by atoms with Gasteiger partial charge in [0.25, 0.3) is 5.91 Å². The third kappa shape index (κ3) is 4.44. The Morgan fingerprint density at radius 1 is 1.15 bits per heavy atom. The number of halogens is 1. The number of carbonyl (C=O) groups is 2. The molecule has 168 valence electrons. The van der Waals surface area contributed by atoms with Gasteiger partial charge in [-0.1, -0.05) is 11.6 Å². The quantitative estimate of drug-likeness (QED) is 0.527. The van der Waals surface area contributed by atoms with E-state index in [4.69, 9.17) is 21.2 Å². The number of benzene rings is 2. The molecule has 2 aromatic carbocycles. The van der Waals surface area contributed by atoms with E-state index < -0.39 is 21.9 Å². The van der Waals surface area contributed by atoms with Gasteiger partial charge in [-0.3, -0.25) is 4.79 Å². The molecule has 0 saturated heterocycles. The van der Waals surface area contributed by atoms with Gasteiger partial charge in [0.2, 0.25) is 10.0 Å². The number of anilines is 1. The monoisotopic (exact) mass is 485 g/mol. The maximum absolute atomic E-state index is 12.9. The van der Waals surface area contributed by atoms with Crippen molar-refractivity contribution in [3.8, 4) is 11.3 Å². The Balaban J connectivity index is 1.60. The van der Waals surface area contributed by atoms with E-state index in [1.54, 1.807) is 25.1 Å². The second-order valence-electron chi connectivity index (χ2n) is 7.10. The van der Waals surface area contributed by atoms with Crippen LogP contribution in [0.3, 0.4) is 0 Å². The number of amides is 1. The van der Waals surface area contributed by atoms with Crippen molar-refractivity contribution in [2.24, 2.45) is 10.2 Å². The van der Waals surface area contributed by atoms with Crippen LogP contribution in [0.1, 0.15) is 23.0 Å². The maximum atomic E-state index is 12.9. The van der Waals surface area contributed by atoms with Crippen molar-refractivity contribution in [3.63, 3.8) is 0 Å². The highest BCUT2D eigenvalue weighted by atomic mass is 35.5. The number of hydrogen-bond acceptors (Lipinski definition) is 6. The van der Waals surface area contributed by atoms with E-state index in [9.17, 15) is 23.1 Å². The zero-order chi connectivity index (χ0) is 23.9. The molecular weight excluding hydrogens is 470 g/mol. The number of furan rings is 1. The van der Waals surface area contributed by atoms with Crippen LogP contribution in [0.2, 0.25) is 5.02 Å². The van der Waals surface area contributed by atoms with Crippen molar-refractivity contribution in [2.75, 3.05) is 5.01 Å². The zero-order valence-electron chi connectivity index (χ0n) is 17.0. The highest BCUT2D eigenvalue weighted by Crippen LogP contribution is 2.30. The van der Waals surface area contributed by atoms with Crippen molar-refractivity contribution < 1.29 is 27.5 Å². The van der Waals surface area contributed by atoms with Gasteiger partial charge in [-0.2, -0.15) is 10.1 Å². The summed E-state index contributed by atoms with van der Waals surface area (Å²) in [5, 5.41) is 19.9. The van der Waals surface area contributed by atoms with Gasteiger partial charge in [0.05, 0.1) is 32.5 Å². The minimum atomic E-state index is -3.85. The minimum Gasteiger partial charge on any atom is -0.478 e. The molecule has 1 aromatic heterocycles. The third-order valence-electron chi connectivity index (χ3n) is 4.87. The van der Waals surface area contributed by atoms with Crippen molar-refractivity contribution in [1.29, 1.82) is 0 Å². The lowest BCUT2D eigenvalue weighted by molar-refractivity contribution is -0.114. The highest BCUT2D eigenvalue weighted by Gasteiger charge is 2.29. The fourth-order valence-corrected chi connectivity index (χ4v) is 3.92. The summed E-state index contributed by atoms with van der Waals surface area (Å²) in [5.41, 5.74) is 1.56. The molecule has 0 spiro atoms. The van der Waals surface area contributed by atoms with E-state index in [-0.39, 0.29) is 21.1 Å². The lowest BCUT2D eigenvalue weighted by atomic mass is 10.1. The van der Waals surface area contributed by atoms with Crippen molar-refractivity contribution in [1.82, 2.24) is 0 Å². The predicted octanol–water partition coefficient (Wildman–Crippen LogP) is 3.75. The molecule has 1 amide bonds. The van der Waals surface area contributed by atoms with E-state index in [1.807, 2.05) is 0 Å². The fourth-order valence-electron chi connectivity index (χ4n) is 3.21. The molecule has 0 atom stereocenters. The van der Waals surface area contributed by atoms with Crippen LogP contribution in [0.25, 0.3) is 17.4 Å². The van der Waals surface area contributed by atoms with Crippen LogP contribution in [0, 0.1) is 0 Å². The number of carbonyl (C=O) groups excluding carboxylic acids is 1. The molecule has 11 heteroatoms. The van der Waals surface area contributed by atoms with Crippen molar-refractivity contribution in [2.45, 2.75) is 11.8 Å². The molecule has 1 aliphatic heterocycles. The van der Waals surface area contributed by atoms with Crippen molar-refractivity contribution in [3.05, 3.63) is 76.5 Å². The van der Waals surface area contributed by atoms with Crippen LogP contribution in [0.15, 0.2) is 74.6 Å². The Morgan fingerprint density at radius 3 is 2.48 bits per heavy atom. The molecule has 0 bridgehead atoms. The summed E-state index contributed by atoms with van der Waals surface area (Å²) in [6, 6.07) is 13.2. The number of sulfonamides is 1. The number of primary sulfonamides is 1. The highest BCUT2D eigenvalue weighted by molar-refractivity contribution is 7.89. The van der Waals surface area contributed by atoms with Crippen LogP contribution < -0.4 is 10.1 Å². The van der Waals surface area contributed by atoms with Gasteiger partial charge in [-0.15, -0.1) is 0 Å². The molecule has 33 heavy (non-hydrogen) atoms. The normalized spacial score (nSPS) is 15.2. The summed E-state index contributed by atoms with van der Waals surface area (Å²) in [6.07, 6.45) is 1.53. The van der Waals surface area contributed by atoms with Gasteiger partial charge in [0.1, 0.15) is 11.5 Å². The summed E-state index contributed by atoms with van der Waals surface area (Å²) >= 11 is 5.91. The number of nitrogens with zero attached hydrogens (tertiary/aromatic N) is 2. The number of hydrogen-bond donors (Lipinski definition) is 2. The molecule has 3 aromatic rings. The van der Waals surface area contributed by atoms with E-state index in [0.717, 1.165) is 5.01 Å². The first-order valence-electron chi connectivity index (χ1n) is 9.42. The minimum absolute atomic E-state index is 0.0523. The Morgan fingerprint density at radius 2 is 1.85 bits per heavy atom. The second kappa shape index (κ2) is 8.32. The molecule has 4 rings (SSSR count). The van der Waals surface area contributed by atoms with Gasteiger partial charge < -0.3 is 9.52 Å². The zero-order valence-corrected chi connectivity index (χ0v) is 18.6. The lowest BCUT2D eigenvalue weighted by Crippen LogP contribution is -2.21. The molecule has 2 heterocycles. The smallest absolute Gasteiger partial charge is 0.337 e. The predicted molar refractivity (Wildman–Crippen MR) is 123 cm³/mol. The molecule has 1 aliphatic rings. The summed E-state index contributed by atoms with van der Waals surface area (Å²) in [4.78, 5) is 24.1. The van der Waals surface area contributed by atoms with E-state index in [1.165, 1.54) is 42.5 Å². The average molecular weight is 486 g/mol. The molecule has 0 saturated carbocycles. The first-order valence-corrected chi connectivity index (χ1v) is 11.3. The van der Waals surface area contributed by atoms with E-state index in [0.29, 0.717) is 28.5 Å². The van der Waals surface area contributed by atoms with Crippen LogP contribution in [-0.2, 0) is 14.8 Å². The van der Waals surface area contributed by atoms with Crippen LogP contribution in [-0.4, -0.2) is 31.1 Å². The number of carboxylic acid groups (broad SMARTS) is 1. The van der Waals surface area contributed by atoms with Crippen molar-refractivity contribution >= 4 is 51.0 Å². The molecule has 0 aliphatic carbocycles. The molecule has 9 nitrogen and oxygen atoms in total. The standard InChI is InChI=1S/C22H16ClN3O6S/c1-12-17(21(27)26(25-12)14-3-6-16(7-4-14)33(24,30)31)11-15-5-9-20(32-15)13-2-8-19(23)18(10-13)22(28)29/h2-11H,1H3,(H,28,29)(H2,24,30,31)/b17-11-. The third-order valence-corrected chi connectivity index (χ3v) is 6.13. The molecule has 0 unspecified atom stereocenters. The topological polar surface area (TPSA) is 143 Å². The molecule has 3 N–H and O–H groups in total. The molecule has 0 radical (unpaired) electrons. The number of hydrazone groups is 1. The molecule has 0 fully saturated rings. The summed E-state index contributed by atoms with van der Waals surface area (Å²) in [6.45, 7) is 1.66. The number of rotatable bonds is 5. The summed E-state index contributed by atoms with van der Waals surface area (Å²) in [7, 11) is -3.85. The average Bonchev–Trinajstić information content (AvgIpc) is 3.33. The Bertz CT molecular complexity index is 1460. The van der Waals surface area contributed by atoms with E-state index >= 15 is 0 Å². The summed E-state index contributed by atoms with van der Waals surface area (Å²) < 4.78 is 28.6. The Labute approximate surface area is 193 Å². The van der Waals surface area contributed by atoms with Gasteiger partial charge in [0, 0.05) is 5.56 Å². The van der Waals surface area contributed by atoms with Crippen LogP contribution in [0.5, 0.6) is 0 Å². The van der Waals surface area contributed by atoms with Crippen LogP contribution >= 0.6 is 11.6 Å². The Hall–Kier alpha value is -3.73. The second-order valence-corrected chi connectivity index (χ2v) is 9.07.